The lowest BCUT2D eigenvalue weighted by molar-refractivity contribution is 0.0955. The van der Waals surface area contributed by atoms with Gasteiger partial charge in [0.05, 0.1) is 0 Å². The molecule has 1 heterocycles. The lowest BCUT2D eigenvalue weighted by atomic mass is 10.3. The Morgan fingerprint density at radius 3 is 2.91 bits per heavy atom. The van der Waals surface area contributed by atoms with Crippen LogP contribution in [0.2, 0.25) is 0 Å². The van der Waals surface area contributed by atoms with Crippen molar-refractivity contribution in [3.63, 3.8) is 0 Å². The topological polar surface area (TPSA) is 77.8 Å². The summed E-state index contributed by atoms with van der Waals surface area (Å²) in [4.78, 5) is 21.8. The molecular formula is C6H9N3O2. The fourth-order valence-corrected chi connectivity index (χ4v) is 0.731. The van der Waals surface area contributed by atoms with Gasteiger partial charge >= 0.3 is 0 Å². The number of carbonyl (C=O) groups excluding carboxylic acids is 1. The standard InChI is InChI=1S/C6H9N3O2/c1-2-7-5(10)4-3-8-9-6(4)11/h3H,2H2,1H3,(H,7,10)(H2,8,9,11). The Morgan fingerprint density at radius 2 is 2.45 bits per heavy atom. The molecule has 5 heteroatoms. The van der Waals surface area contributed by atoms with Crippen molar-refractivity contribution in [2.45, 2.75) is 6.92 Å². The third kappa shape index (κ3) is 1.49. The van der Waals surface area contributed by atoms with Crippen molar-refractivity contribution >= 4 is 5.91 Å². The van der Waals surface area contributed by atoms with Crippen molar-refractivity contribution in [1.29, 1.82) is 0 Å². The van der Waals surface area contributed by atoms with Gasteiger partial charge in [-0.05, 0) is 6.92 Å². The van der Waals surface area contributed by atoms with Crippen molar-refractivity contribution in [3.05, 3.63) is 22.1 Å². The van der Waals surface area contributed by atoms with Crippen LogP contribution >= 0.6 is 0 Å². The first-order valence-corrected chi connectivity index (χ1v) is 3.30. The Kier molecular flexibility index (Phi) is 2.10. The van der Waals surface area contributed by atoms with Crippen LogP contribution in [0.4, 0.5) is 0 Å². The van der Waals surface area contributed by atoms with E-state index in [0.29, 0.717) is 6.54 Å². The van der Waals surface area contributed by atoms with Crippen LogP contribution in [-0.2, 0) is 0 Å². The number of amides is 1. The van der Waals surface area contributed by atoms with Gasteiger partial charge in [0.15, 0.2) is 0 Å². The predicted octanol–water partition coefficient (Wildman–Crippen LogP) is -0.547. The molecule has 0 spiro atoms. The average molecular weight is 155 g/mol. The number of hydrogen-bond acceptors (Lipinski definition) is 2. The molecule has 60 valence electrons. The molecule has 0 radical (unpaired) electrons. The van der Waals surface area contributed by atoms with Crippen molar-refractivity contribution < 1.29 is 4.79 Å². The lowest BCUT2D eigenvalue weighted by Crippen LogP contribution is -2.26. The van der Waals surface area contributed by atoms with Crippen LogP contribution in [-0.4, -0.2) is 22.6 Å². The van der Waals surface area contributed by atoms with E-state index in [9.17, 15) is 9.59 Å². The first-order valence-electron chi connectivity index (χ1n) is 3.30. The van der Waals surface area contributed by atoms with Crippen LogP contribution in [0.25, 0.3) is 0 Å². The second-order valence-electron chi connectivity index (χ2n) is 2.02. The highest BCUT2D eigenvalue weighted by molar-refractivity contribution is 5.93. The van der Waals surface area contributed by atoms with E-state index in [1.54, 1.807) is 6.92 Å². The second kappa shape index (κ2) is 3.05. The van der Waals surface area contributed by atoms with E-state index >= 15 is 0 Å². The Morgan fingerprint density at radius 1 is 1.73 bits per heavy atom. The highest BCUT2D eigenvalue weighted by Gasteiger charge is 2.08. The predicted molar refractivity (Wildman–Crippen MR) is 39.4 cm³/mol. The van der Waals surface area contributed by atoms with E-state index in [-0.39, 0.29) is 11.5 Å². The summed E-state index contributed by atoms with van der Waals surface area (Å²) >= 11 is 0. The second-order valence-corrected chi connectivity index (χ2v) is 2.02. The summed E-state index contributed by atoms with van der Waals surface area (Å²) in [6.07, 6.45) is 1.34. The molecule has 1 aromatic rings. The van der Waals surface area contributed by atoms with E-state index in [1.165, 1.54) is 6.20 Å². The Hall–Kier alpha value is -1.52. The molecule has 0 bridgehead atoms. The quantitative estimate of drug-likeness (QED) is 0.536. The van der Waals surface area contributed by atoms with Crippen LogP contribution in [0, 0.1) is 0 Å². The Labute approximate surface area is 62.8 Å². The molecular weight excluding hydrogens is 146 g/mol. The molecule has 5 nitrogen and oxygen atoms in total. The minimum Gasteiger partial charge on any atom is -0.352 e. The summed E-state index contributed by atoms with van der Waals surface area (Å²) in [5, 5.41) is 7.22. The number of aromatic amines is 2. The normalized spacial score (nSPS) is 9.55. The minimum absolute atomic E-state index is 0.117. The molecule has 0 saturated carbocycles. The molecule has 0 aliphatic rings. The van der Waals surface area contributed by atoms with Gasteiger partial charge in [0, 0.05) is 12.7 Å². The number of carbonyl (C=O) groups is 1. The SMILES string of the molecule is CCNC(=O)c1c[nH][nH]c1=O. The molecule has 1 rings (SSSR count). The molecule has 0 aliphatic carbocycles. The highest BCUT2D eigenvalue weighted by atomic mass is 16.2. The monoisotopic (exact) mass is 155 g/mol. The summed E-state index contributed by atoms with van der Waals surface area (Å²) in [6.45, 7) is 2.31. The fraction of sp³-hybridized carbons (Fsp3) is 0.333. The van der Waals surface area contributed by atoms with Gasteiger partial charge in [-0.25, -0.2) is 0 Å². The average Bonchev–Trinajstić information content (AvgIpc) is 2.36. The maximum absolute atomic E-state index is 11.0. The molecule has 0 saturated heterocycles. The fourth-order valence-electron chi connectivity index (χ4n) is 0.731. The number of hydrogen-bond donors (Lipinski definition) is 3. The minimum atomic E-state index is -0.393. The lowest BCUT2D eigenvalue weighted by Gasteiger charge is -1.94. The third-order valence-electron chi connectivity index (χ3n) is 1.23. The summed E-state index contributed by atoms with van der Waals surface area (Å²) in [5.74, 6) is -0.352. The van der Waals surface area contributed by atoms with Crippen LogP contribution < -0.4 is 10.9 Å². The number of nitrogens with one attached hydrogen (secondary N) is 3. The third-order valence-corrected chi connectivity index (χ3v) is 1.23. The summed E-state index contributed by atoms with van der Waals surface area (Å²) in [7, 11) is 0. The smallest absolute Gasteiger partial charge is 0.276 e. The molecule has 0 fully saturated rings. The summed E-state index contributed by atoms with van der Waals surface area (Å²) < 4.78 is 0. The molecule has 0 atom stereocenters. The molecule has 3 N–H and O–H groups in total. The van der Waals surface area contributed by atoms with E-state index < -0.39 is 5.56 Å². The zero-order valence-corrected chi connectivity index (χ0v) is 6.10. The van der Waals surface area contributed by atoms with Crippen LogP contribution in [0.5, 0.6) is 0 Å². The van der Waals surface area contributed by atoms with Crippen molar-refractivity contribution in [1.82, 2.24) is 15.5 Å². The van der Waals surface area contributed by atoms with Gasteiger partial charge in [0.2, 0.25) is 0 Å². The molecule has 0 aromatic carbocycles. The van der Waals surface area contributed by atoms with Crippen molar-refractivity contribution in [2.75, 3.05) is 6.54 Å². The van der Waals surface area contributed by atoms with Crippen molar-refractivity contribution in [2.24, 2.45) is 0 Å². The molecule has 1 aromatic heterocycles. The van der Waals surface area contributed by atoms with Gasteiger partial charge in [0.1, 0.15) is 5.56 Å². The van der Waals surface area contributed by atoms with Gasteiger partial charge in [-0.1, -0.05) is 0 Å². The van der Waals surface area contributed by atoms with Gasteiger partial charge in [-0.15, -0.1) is 0 Å². The summed E-state index contributed by atoms with van der Waals surface area (Å²) in [6, 6.07) is 0. The highest BCUT2D eigenvalue weighted by Crippen LogP contribution is 1.84. The van der Waals surface area contributed by atoms with Crippen molar-refractivity contribution in [3.8, 4) is 0 Å². The zero-order chi connectivity index (χ0) is 8.27. The molecule has 0 aliphatic heterocycles. The van der Waals surface area contributed by atoms with E-state index in [0.717, 1.165) is 0 Å². The Bertz CT molecular complexity index is 299. The van der Waals surface area contributed by atoms with E-state index in [4.69, 9.17) is 0 Å². The number of rotatable bonds is 2. The summed E-state index contributed by atoms with van der Waals surface area (Å²) in [5.41, 5.74) is -0.275. The van der Waals surface area contributed by atoms with E-state index in [1.807, 2.05) is 0 Å². The number of H-pyrrole nitrogens is 2. The van der Waals surface area contributed by atoms with E-state index in [2.05, 4.69) is 15.5 Å². The van der Waals surface area contributed by atoms with Gasteiger partial charge < -0.3 is 10.4 Å². The van der Waals surface area contributed by atoms with Gasteiger partial charge in [-0.3, -0.25) is 14.7 Å². The largest absolute Gasteiger partial charge is 0.352 e. The maximum Gasteiger partial charge on any atom is 0.276 e. The number of aromatic nitrogens is 2. The maximum atomic E-state index is 11.0. The zero-order valence-electron chi connectivity index (χ0n) is 6.10. The van der Waals surface area contributed by atoms with Gasteiger partial charge in [-0.2, -0.15) is 0 Å². The van der Waals surface area contributed by atoms with Crippen LogP contribution in [0.3, 0.4) is 0 Å². The molecule has 1 amide bonds. The Balaban J connectivity index is 2.85. The first-order chi connectivity index (χ1) is 5.25. The first kappa shape index (κ1) is 7.59. The molecule has 0 unspecified atom stereocenters. The van der Waals surface area contributed by atoms with Crippen LogP contribution in [0.1, 0.15) is 17.3 Å². The van der Waals surface area contributed by atoms with Crippen LogP contribution in [0.15, 0.2) is 11.0 Å². The molecule has 11 heavy (non-hydrogen) atoms. The van der Waals surface area contributed by atoms with Gasteiger partial charge in [0.25, 0.3) is 11.5 Å².